The van der Waals surface area contributed by atoms with Gasteiger partial charge in [-0.2, -0.15) is 5.10 Å². The van der Waals surface area contributed by atoms with Crippen LogP contribution >= 0.6 is 11.6 Å². The van der Waals surface area contributed by atoms with Crippen molar-refractivity contribution in [3.8, 4) is 0 Å². The molecule has 1 heterocycles. The molecular formula is C17H15ClN4O3S. The highest BCUT2D eigenvalue weighted by molar-refractivity contribution is 7.91. The molecule has 0 aliphatic carbocycles. The van der Waals surface area contributed by atoms with E-state index in [2.05, 4.69) is 15.5 Å². The van der Waals surface area contributed by atoms with Gasteiger partial charge in [0.1, 0.15) is 5.02 Å². The normalized spacial score (nSPS) is 11.3. The number of ketones is 1. The highest BCUT2D eigenvalue weighted by atomic mass is 35.5. The highest BCUT2D eigenvalue weighted by Gasteiger charge is 2.28. The summed E-state index contributed by atoms with van der Waals surface area (Å²) in [5.41, 5.74) is 6.82. The number of halogens is 1. The molecule has 0 saturated heterocycles. The first-order chi connectivity index (χ1) is 12.3. The third-order valence-corrected chi connectivity index (χ3v) is 5.95. The van der Waals surface area contributed by atoms with Crippen LogP contribution in [-0.2, 0) is 9.84 Å². The molecule has 0 aliphatic heterocycles. The molecule has 7 nitrogen and oxygen atoms in total. The van der Waals surface area contributed by atoms with E-state index in [1.165, 1.54) is 25.1 Å². The van der Waals surface area contributed by atoms with E-state index in [0.717, 1.165) is 0 Å². The van der Waals surface area contributed by atoms with Crippen LogP contribution < -0.4 is 11.1 Å². The van der Waals surface area contributed by atoms with Crippen molar-refractivity contribution in [2.75, 3.05) is 11.1 Å². The molecule has 3 aromatic rings. The highest BCUT2D eigenvalue weighted by Crippen LogP contribution is 2.34. The number of nitrogens with two attached hydrogens (primary N) is 1. The average molecular weight is 391 g/mol. The van der Waals surface area contributed by atoms with Crippen molar-refractivity contribution in [2.45, 2.75) is 16.8 Å². The van der Waals surface area contributed by atoms with E-state index >= 15 is 0 Å². The Bertz CT molecular complexity index is 1080. The quantitative estimate of drug-likeness (QED) is 0.453. The minimum Gasteiger partial charge on any atom is -0.398 e. The van der Waals surface area contributed by atoms with Crippen molar-refractivity contribution >= 4 is 44.4 Å². The van der Waals surface area contributed by atoms with Gasteiger partial charge < -0.3 is 11.1 Å². The van der Waals surface area contributed by atoms with E-state index in [0.29, 0.717) is 11.3 Å². The number of H-pyrrole nitrogens is 1. The number of hydrogen-bond acceptors (Lipinski definition) is 6. The first kappa shape index (κ1) is 18.0. The lowest BCUT2D eigenvalue weighted by molar-refractivity contribution is 0.101. The Labute approximate surface area is 155 Å². The Morgan fingerprint density at radius 3 is 2.50 bits per heavy atom. The van der Waals surface area contributed by atoms with Crippen molar-refractivity contribution in [3.63, 3.8) is 0 Å². The predicted octanol–water partition coefficient (Wildman–Crippen LogP) is 3.42. The fourth-order valence-electron chi connectivity index (χ4n) is 2.35. The van der Waals surface area contributed by atoms with Gasteiger partial charge in [0.05, 0.1) is 10.6 Å². The fraction of sp³-hybridized carbons (Fsp3) is 0.0588. The van der Waals surface area contributed by atoms with Crippen LogP contribution in [0.25, 0.3) is 0 Å². The first-order valence-corrected chi connectivity index (χ1v) is 9.38. The number of carbonyl (C=O) groups excluding carboxylic acids is 1. The first-order valence-electron chi connectivity index (χ1n) is 7.52. The number of rotatable bonds is 5. The molecule has 0 bridgehead atoms. The van der Waals surface area contributed by atoms with Crippen LogP contribution in [0.2, 0.25) is 5.02 Å². The van der Waals surface area contributed by atoms with Gasteiger partial charge in [-0.05, 0) is 37.3 Å². The van der Waals surface area contributed by atoms with Gasteiger partial charge in [0.15, 0.2) is 16.6 Å². The summed E-state index contributed by atoms with van der Waals surface area (Å²) in [6, 6.07) is 13.1. The van der Waals surface area contributed by atoms with Crippen LogP contribution in [0.1, 0.15) is 17.3 Å². The molecule has 0 aliphatic rings. The zero-order chi connectivity index (χ0) is 18.9. The molecule has 0 unspecified atom stereocenters. The Morgan fingerprint density at radius 1 is 1.19 bits per heavy atom. The molecule has 2 aromatic carbocycles. The molecule has 9 heteroatoms. The number of para-hydroxylation sites is 1. The second-order valence-corrected chi connectivity index (χ2v) is 7.75. The molecule has 0 amide bonds. The molecule has 0 atom stereocenters. The lowest BCUT2D eigenvalue weighted by Crippen LogP contribution is -2.08. The lowest BCUT2D eigenvalue weighted by Gasteiger charge is -2.08. The lowest BCUT2D eigenvalue weighted by atomic mass is 10.1. The van der Waals surface area contributed by atoms with Crippen molar-refractivity contribution in [1.29, 1.82) is 0 Å². The SMILES string of the molecule is CC(=O)c1ccc(S(=O)(=O)c2[nH]nc(Nc3ccccc3)c2Cl)c(N)c1. The van der Waals surface area contributed by atoms with Crippen molar-refractivity contribution in [3.05, 3.63) is 59.1 Å². The van der Waals surface area contributed by atoms with Gasteiger partial charge in [0, 0.05) is 11.3 Å². The maximum atomic E-state index is 12.9. The zero-order valence-electron chi connectivity index (χ0n) is 13.7. The molecule has 1 aromatic heterocycles. The van der Waals surface area contributed by atoms with Crippen molar-refractivity contribution < 1.29 is 13.2 Å². The summed E-state index contributed by atoms with van der Waals surface area (Å²) >= 11 is 6.21. The van der Waals surface area contributed by atoms with Crippen molar-refractivity contribution in [2.24, 2.45) is 0 Å². The summed E-state index contributed by atoms with van der Waals surface area (Å²) in [7, 11) is -4.04. The second kappa shape index (κ2) is 6.81. The minimum absolute atomic E-state index is 0.0408. The van der Waals surface area contributed by atoms with Crippen molar-refractivity contribution in [1.82, 2.24) is 10.2 Å². The van der Waals surface area contributed by atoms with E-state index in [1.807, 2.05) is 18.2 Å². The molecule has 4 N–H and O–H groups in total. The van der Waals surface area contributed by atoms with Crippen LogP contribution in [0, 0.1) is 0 Å². The van der Waals surface area contributed by atoms with E-state index < -0.39 is 9.84 Å². The molecule has 0 spiro atoms. The van der Waals surface area contributed by atoms with Crippen LogP contribution in [-0.4, -0.2) is 24.4 Å². The maximum Gasteiger partial charge on any atom is 0.226 e. The fourth-order valence-corrected chi connectivity index (χ4v) is 4.12. The summed E-state index contributed by atoms with van der Waals surface area (Å²) in [6.45, 7) is 1.37. The smallest absolute Gasteiger partial charge is 0.226 e. The summed E-state index contributed by atoms with van der Waals surface area (Å²) in [5, 5.41) is 8.96. The van der Waals surface area contributed by atoms with E-state index in [4.69, 9.17) is 17.3 Å². The number of hydrogen-bond donors (Lipinski definition) is 3. The number of aromatic amines is 1. The third-order valence-electron chi connectivity index (χ3n) is 3.69. The number of anilines is 3. The van der Waals surface area contributed by atoms with Gasteiger partial charge in [-0.15, -0.1) is 0 Å². The monoisotopic (exact) mass is 390 g/mol. The molecule has 134 valence electrons. The largest absolute Gasteiger partial charge is 0.398 e. The standard InChI is InChI=1S/C17H15ClN4O3S/c1-10(23)11-7-8-14(13(19)9-11)26(24,25)17-15(18)16(21-22-17)20-12-5-3-2-4-6-12/h2-9H,19H2,1H3,(H2,20,21,22). The number of nitrogens with zero attached hydrogens (tertiary/aromatic N) is 1. The zero-order valence-corrected chi connectivity index (χ0v) is 15.2. The topological polar surface area (TPSA) is 118 Å². The molecular weight excluding hydrogens is 376 g/mol. The number of benzene rings is 2. The maximum absolute atomic E-state index is 12.9. The van der Waals surface area contributed by atoms with Crippen LogP contribution in [0.4, 0.5) is 17.2 Å². The van der Waals surface area contributed by atoms with Gasteiger partial charge in [-0.3, -0.25) is 9.89 Å². The predicted molar refractivity (Wildman–Crippen MR) is 99.6 cm³/mol. The van der Waals surface area contributed by atoms with Gasteiger partial charge in [0.2, 0.25) is 9.84 Å². The van der Waals surface area contributed by atoms with Crippen LogP contribution in [0.15, 0.2) is 58.5 Å². The number of Topliss-reactive ketones (excluding diaryl/α,β-unsaturated/α-hetero) is 1. The van der Waals surface area contributed by atoms with E-state index in [9.17, 15) is 13.2 Å². The number of nitrogen functional groups attached to an aromatic ring is 1. The number of carbonyl (C=O) groups is 1. The van der Waals surface area contributed by atoms with E-state index in [-0.39, 0.29) is 32.2 Å². The van der Waals surface area contributed by atoms with Crippen LogP contribution in [0.5, 0.6) is 0 Å². The summed E-state index contributed by atoms with van der Waals surface area (Å²) < 4.78 is 25.7. The number of aromatic nitrogens is 2. The minimum atomic E-state index is -4.04. The molecule has 0 fully saturated rings. The Hall–Kier alpha value is -2.84. The Morgan fingerprint density at radius 2 is 1.88 bits per heavy atom. The van der Waals surface area contributed by atoms with Gasteiger partial charge in [-0.25, -0.2) is 8.42 Å². The second-order valence-electron chi connectivity index (χ2n) is 5.52. The third kappa shape index (κ3) is 3.29. The van der Waals surface area contributed by atoms with Gasteiger partial charge >= 0.3 is 0 Å². The summed E-state index contributed by atoms with van der Waals surface area (Å²) in [6.07, 6.45) is 0. The number of nitrogens with one attached hydrogen (secondary N) is 2. The number of sulfone groups is 1. The molecule has 0 saturated carbocycles. The van der Waals surface area contributed by atoms with Crippen LogP contribution in [0.3, 0.4) is 0 Å². The van der Waals surface area contributed by atoms with Gasteiger partial charge in [-0.1, -0.05) is 29.8 Å². The Kier molecular flexibility index (Phi) is 4.71. The average Bonchev–Trinajstić information content (AvgIpc) is 2.97. The molecule has 0 radical (unpaired) electrons. The summed E-state index contributed by atoms with van der Waals surface area (Å²) in [5.74, 6) is -0.0371. The van der Waals surface area contributed by atoms with E-state index in [1.54, 1.807) is 12.1 Å². The van der Waals surface area contributed by atoms with Gasteiger partial charge in [0.25, 0.3) is 0 Å². The Balaban J connectivity index is 2.00. The summed E-state index contributed by atoms with van der Waals surface area (Å²) in [4.78, 5) is 11.3. The molecule has 3 rings (SSSR count). The molecule has 26 heavy (non-hydrogen) atoms.